The average Bonchev–Trinajstić information content (AvgIpc) is 2.83. The van der Waals surface area contributed by atoms with Gasteiger partial charge in [-0.25, -0.2) is 4.99 Å². The van der Waals surface area contributed by atoms with Crippen molar-refractivity contribution in [2.75, 3.05) is 39.4 Å². The maximum absolute atomic E-state index is 11.9. The van der Waals surface area contributed by atoms with Crippen LogP contribution in [0.3, 0.4) is 0 Å². The normalized spacial score (nSPS) is 14.3. The first-order chi connectivity index (χ1) is 15.7. The van der Waals surface area contributed by atoms with Gasteiger partial charge in [-0.15, -0.1) is 24.0 Å². The molecule has 1 saturated heterocycles. The van der Waals surface area contributed by atoms with E-state index in [1.54, 1.807) is 0 Å². The summed E-state index contributed by atoms with van der Waals surface area (Å²) in [7, 11) is 0. The maximum atomic E-state index is 11.9. The minimum Gasteiger partial charge on any atom is -0.379 e. The molecule has 1 aliphatic heterocycles. The van der Waals surface area contributed by atoms with Crippen molar-refractivity contribution in [3.8, 4) is 0 Å². The van der Waals surface area contributed by atoms with Crippen LogP contribution in [0.5, 0.6) is 0 Å². The van der Waals surface area contributed by atoms with E-state index in [1.807, 2.05) is 31.2 Å². The lowest BCUT2D eigenvalue weighted by atomic mass is 10.1. The number of ether oxygens (including phenoxy) is 1. The number of hydrogen-bond donors (Lipinski definition) is 3. The van der Waals surface area contributed by atoms with E-state index in [0.717, 1.165) is 50.9 Å². The van der Waals surface area contributed by atoms with E-state index in [0.29, 0.717) is 25.2 Å². The molecule has 0 aliphatic carbocycles. The zero-order valence-corrected chi connectivity index (χ0v) is 21.9. The second-order valence-electron chi connectivity index (χ2n) is 7.76. The number of carbonyl (C=O) groups is 1. The van der Waals surface area contributed by atoms with Gasteiger partial charge in [0.25, 0.3) is 5.91 Å². The zero-order valence-electron chi connectivity index (χ0n) is 19.6. The molecule has 0 saturated carbocycles. The summed E-state index contributed by atoms with van der Waals surface area (Å²) >= 11 is 0. The molecule has 7 nitrogen and oxygen atoms in total. The lowest BCUT2D eigenvalue weighted by molar-refractivity contribution is 0.0341. The third-order valence-electron chi connectivity index (χ3n) is 5.38. The average molecular weight is 566 g/mol. The number of rotatable bonds is 9. The van der Waals surface area contributed by atoms with Crippen LogP contribution >= 0.6 is 24.0 Å². The van der Waals surface area contributed by atoms with Gasteiger partial charge in [-0.3, -0.25) is 9.69 Å². The molecule has 180 valence electrons. The molecule has 1 fully saturated rings. The summed E-state index contributed by atoms with van der Waals surface area (Å²) in [5.74, 6) is 0.731. The van der Waals surface area contributed by atoms with Crippen molar-refractivity contribution < 1.29 is 9.53 Å². The molecule has 0 aromatic heterocycles. The van der Waals surface area contributed by atoms with Gasteiger partial charge in [-0.1, -0.05) is 36.4 Å². The lowest BCUT2D eigenvalue weighted by Crippen LogP contribution is -2.38. The van der Waals surface area contributed by atoms with E-state index in [-0.39, 0.29) is 29.9 Å². The van der Waals surface area contributed by atoms with E-state index < -0.39 is 0 Å². The molecule has 3 N–H and O–H groups in total. The highest BCUT2D eigenvalue weighted by Gasteiger charge is 2.13. The van der Waals surface area contributed by atoms with Crippen LogP contribution < -0.4 is 16.0 Å². The Labute approximate surface area is 214 Å². The smallest absolute Gasteiger partial charge is 0.251 e. The Hall–Kier alpha value is -2.17. The third-order valence-corrected chi connectivity index (χ3v) is 5.38. The van der Waals surface area contributed by atoms with Crippen molar-refractivity contribution in [2.45, 2.75) is 33.5 Å². The second kappa shape index (κ2) is 14.9. The number of carbonyl (C=O) groups excluding carboxylic acids is 1. The SMILES string of the molecule is CCNC(=O)c1ccc(CN=C(NCC)NCc2ccccc2CN2CCOCC2)cc1.I. The van der Waals surface area contributed by atoms with E-state index in [1.165, 1.54) is 11.1 Å². The van der Waals surface area contributed by atoms with E-state index >= 15 is 0 Å². The lowest BCUT2D eigenvalue weighted by Gasteiger charge is -2.27. The van der Waals surface area contributed by atoms with Crippen molar-refractivity contribution in [1.82, 2.24) is 20.9 Å². The highest BCUT2D eigenvalue weighted by atomic mass is 127. The minimum absolute atomic E-state index is 0. The third kappa shape index (κ3) is 8.94. The summed E-state index contributed by atoms with van der Waals surface area (Å²) in [6.45, 7) is 11.1. The number of morpholine rings is 1. The number of hydrogen-bond acceptors (Lipinski definition) is 4. The molecule has 1 heterocycles. The predicted octanol–water partition coefficient (Wildman–Crippen LogP) is 3.14. The molecule has 1 aliphatic rings. The molecular formula is C25H36IN5O2. The van der Waals surface area contributed by atoms with Crippen LogP contribution in [0.2, 0.25) is 0 Å². The Bertz CT molecular complexity index is 883. The van der Waals surface area contributed by atoms with Gasteiger partial charge in [0.1, 0.15) is 0 Å². The second-order valence-corrected chi connectivity index (χ2v) is 7.76. The van der Waals surface area contributed by atoms with Gasteiger partial charge in [0, 0.05) is 44.8 Å². The summed E-state index contributed by atoms with van der Waals surface area (Å²) < 4.78 is 5.47. The molecule has 2 aromatic rings. The van der Waals surface area contributed by atoms with Gasteiger partial charge >= 0.3 is 0 Å². The highest BCUT2D eigenvalue weighted by molar-refractivity contribution is 14.0. The van der Waals surface area contributed by atoms with E-state index in [2.05, 4.69) is 52.0 Å². The van der Waals surface area contributed by atoms with Gasteiger partial charge in [0.15, 0.2) is 5.96 Å². The highest BCUT2D eigenvalue weighted by Crippen LogP contribution is 2.13. The first kappa shape index (κ1) is 27.1. The molecular weight excluding hydrogens is 529 g/mol. The monoisotopic (exact) mass is 565 g/mol. The van der Waals surface area contributed by atoms with Crippen LogP contribution in [-0.2, 0) is 24.4 Å². The number of benzene rings is 2. The molecule has 1 amide bonds. The van der Waals surface area contributed by atoms with Gasteiger partial charge < -0.3 is 20.7 Å². The number of halogens is 1. The van der Waals surface area contributed by atoms with Crippen LogP contribution in [-0.4, -0.2) is 56.2 Å². The largest absolute Gasteiger partial charge is 0.379 e. The number of nitrogens with zero attached hydrogens (tertiary/aromatic N) is 2. The van der Waals surface area contributed by atoms with Gasteiger partial charge in [0.05, 0.1) is 19.8 Å². The standard InChI is InChI=1S/C25H35N5O2.HI/c1-3-26-24(31)21-11-9-20(10-12-21)17-28-25(27-4-2)29-18-22-7-5-6-8-23(22)19-30-13-15-32-16-14-30;/h5-12H,3-4,13-19H2,1-2H3,(H,26,31)(H2,27,28,29);1H. The Morgan fingerprint density at radius 3 is 2.27 bits per heavy atom. The summed E-state index contributed by atoms with van der Waals surface area (Å²) in [6, 6.07) is 16.2. The molecule has 0 radical (unpaired) electrons. The van der Waals surface area contributed by atoms with Crippen molar-refractivity contribution in [3.05, 3.63) is 70.8 Å². The summed E-state index contributed by atoms with van der Waals surface area (Å²) in [5, 5.41) is 9.60. The van der Waals surface area contributed by atoms with Gasteiger partial charge in [0.2, 0.25) is 0 Å². The number of nitrogens with one attached hydrogen (secondary N) is 3. The van der Waals surface area contributed by atoms with Crippen LogP contribution in [0.25, 0.3) is 0 Å². The van der Waals surface area contributed by atoms with Crippen molar-refractivity contribution in [2.24, 2.45) is 4.99 Å². The fourth-order valence-corrected chi connectivity index (χ4v) is 3.60. The van der Waals surface area contributed by atoms with E-state index in [9.17, 15) is 4.79 Å². The quantitative estimate of drug-likeness (QED) is 0.248. The molecule has 0 bridgehead atoms. The van der Waals surface area contributed by atoms with Crippen molar-refractivity contribution in [1.29, 1.82) is 0 Å². The van der Waals surface area contributed by atoms with E-state index in [4.69, 9.17) is 9.73 Å². The first-order valence-corrected chi connectivity index (χ1v) is 11.5. The topological polar surface area (TPSA) is 78.0 Å². The zero-order chi connectivity index (χ0) is 22.6. The molecule has 0 unspecified atom stereocenters. The fourth-order valence-electron chi connectivity index (χ4n) is 3.60. The maximum Gasteiger partial charge on any atom is 0.251 e. The molecule has 2 aromatic carbocycles. The van der Waals surface area contributed by atoms with Crippen molar-refractivity contribution >= 4 is 35.8 Å². The Kier molecular flexibility index (Phi) is 12.2. The Balaban J connectivity index is 0.00000385. The fraction of sp³-hybridized carbons (Fsp3) is 0.440. The molecule has 0 spiro atoms. The molecule has 3 rings (SSSR count). The number of guanidine groups is 1. The summed E-state index contributed by atoms with van der Waals surface area (Å²) in [5.41, 5.74) is 4.33. The van der Waals surface area contributed by atoms with Crippen LogP contribution in [0.4, 0.5) is 0 Å². The van der Waals surface area contributed by atoms with Crippen molar-refractivity contribution in [3.63, 3.8) is 0 Å². The molecule has 0 atom stereocenters. The van der Waals surface area contributed by atoms with Crippen LogP contribution in [0.15, 0.2) is 53.5 Å². The molecule has 8 heteroatoms. The number of aliphatic imine (C=N–C) groups is 1. The Morgan fingerprint density at radius 1 is 0.939 bits per heavy atom. The summed E-state index contributed by atoms with van der Waals surface area (Å²) in [6.07, 6.45) is 0. The summed E-state index contributed by atoms with van der Waals surface area (Å²) in [4.78, 5) is 19.1. The Morgan fingerprint density at radius 2 is 1.61 bits per heavy atom. The van der Waals surface area contributed by atoms with Gasteiger partial charge in [-0.2, -0.15) is 0 Å². The van der Waals surface area contributed by atoms with Crippen LogP contribution in [0, 0.1) is 0 Å². The molecule has 33 heavy (non-hydrogen) atoms. The van der Waals surface area contributed by atoms with Gasteiger partial charge in [-0.05, 0) is 42.7 Å². The van der Waals surface area contributed by atoms with Crippen LogP contribution in [0.1, 0.15) is 40.9 Å². The predicted molar refractivity (Wildman–Crippen MR) is 144 cm³/mol. The first-order valence-electron chi connectivity index (χ1n) is 11.5. The minimum atomic E-state index is -0.0479. The number of amides is 1.